The van der Waals surface area contributed by atoms with Gasteiger partial charge in [0, 0.05) is 40.7 Å². The van der Waals surface area contributed by atoms with Crippen LogP contribution in [0.1, 0.15) is 32.8 Å². The quantitative estimate of drug-likeness (QED) is 0.170. The Morgan fingerprint density at radius 2 is 1.80 bits per heavy atom. The number of nitrogens with one attached hydrogen (secondary N) is 3. The lowest BCUT2D eigenvalue weighted by molar-refractivity contribution is -0.123. The van der Waals surface area contributed by atoms with E-state index < -0.39 is 0 Å². The molecule has 0 atom stereocenters. The topological polar surface area (TPSA) is 135 Å². The van der Waals surface area contributed by atoms with Gasteiger partial charge in [-0.2, -0.15) is 0 Å². The SMILES string of the molecule is CCCOc1ccc2nc(-c3cccc(OCC(=O)NC(C)C)c3)nc(Nc3ccc(/C(C=N)=C/N)cc3)c2c1. The molecule has 4 aromatic rings. The van der Waals surface area contributed by atoms with Gasteiger partial charge in [0.25, 0.3) is 5.91 Å². The van der Waals surface area contributed by atoms with Gasteiger partial charge in [0.1, 0.15) is 17.3 Å². The average Bonchev–Trinajstić information content (AvgIpc) is 2.96. The van der Waals surface area contributed by atoms with Crippen LogP contribution in [0.2, 0.25) is 0 Å². The summed E-state index contributed by atoms with van der Waals surface area (Å²) in [6.07, 6.45) is 3.53. The molecule has 0 aliphatic heterocycles. The number of hydrogen-bond donors (Lipinski definition) is 4. The molecule has 1 heterocycles. The third kappa shape index (κ3) is 7.13. The second-order valence-electron chi connectivity index (χ2n) is 9.43. The summed E-state index contributed by atoms with van der Waals surface area (Å²) in [5, 5.41) is 14.6. The van der Waals surface area contributed by atoms with Gasteiger partial charge in [0.05, 0.1) is 12.1 Å². The second kappa shape index (κ2) is 13.2. The van der Waals surface area contributed by atoms with Gasteiger partial charge in [-0.05, 0) is 68.3 Å². The molecule has 5 N–H and O–H groups in total. The summed E-state index contributed by atoms with van der Waals surface area (Å²) in [4.78, 5) is 21.7. The van der Waals surface area contributed by atoms with Crippen LogP contribution in [0.25, 0.3) is 27.9 Å². The van der Waals surface area contributed by atoms with Crippen LogP contribution in [-0.4, -0.2) is 41.3 Å². The molecule has 9 nitrogen and oxygen atoms in total. The van der Waals surface area contributed by atoms with Crippen molar-refractivity contribution in [1.82, 2.24) is 15.3 Å². The van der Waals surface area contributed by atoms with Crippen LogP contribution in [0, 0.1) is 5.41 Å². The molecule has 3 aromatic carbocycles. The molecule has 0 fully saturated rings. The van der Waals surface area contributed by atoms with Crippen molar-refractivity contribution in [2.24, 2.45) is 5.73 Å². The Bertz CT molecular complexity index is 1520. The Labute approximate surface area is 234 Å². The van der Waals surface area contributed by atoms with Crippen molar-refractivity contribution in [3.8, 4) is 22.9 Å². The Balaban J connectivity index is 1.69. The number of amides is 1. The van der Waals surface area contributed by atoms with E-state index in [0.717, 1.165) is 39.9 Å². The number of nitrogens with two attached hydrogens (primary N) is 1. The number of carbonyl (C=O) groups is 1. The number of allylic oxidation sites excluding steroid dienone is 1. The van der Waals surface area contributed by atoms with E-state index in [0.29, 0.717) is 29.6 Å². The lowest BCUT2D eigenvalue weighted by atomic mass is 10.1. The zero-order chi connectivity index (χ0) is 28.5. The first-order valence-corrected chi connectivity index (χ1v) is 13.2. The molecule has 0 aliphatic carbocycles. The van der Waals surface area contributed by atoms with E-state index in [1.807, 2.05) is 74.5 Å². The first-order valence-electron chi connectivity index (χ1n) is 13.2. The standard InChI is InChI=1S/C31H34N6O3/c1-4-14-39-26-12-13-28-27(16-26)31(35-24-10-8-21(9-11-24)23(17-32)18-33)37-30(36-28)22-6-5-7-25(15-22)40-19-29(38)34-20(2)3/h5-13,15-18,20,32H,4,14,19,33H2,1-3H3,(H,34,38)(H,35,36,37)/b23-18+,32-17?. The number of nitrogens with zero attached hydrogens (tertiary/aromatic N) is 2. The number of hydrogen-bond acceptors (Lipinski definition) is 8. The van der Waals surface area contributed by atoms with Crippen LogP contribution in [0.5, 0.6) is 11.5 Å². The average molecular weight is 539 g/mol. The van der Waals surface area contributed by atoms with Gasteiger partial charge in [0.2, 0.25) is 0 Å². The summed E-state index contributed by atoms with van der Waals surface area (Å²) >= 11 is 0. The van der Waals surface area contributed by atoms with Crippen LogP contribution in [0.3, 0.4) is 0 Å². The highest BCUT2D eigenvalue weighted by molar-refractivity contribution is 6.08. The van der Waals surface area contributed by atoms with Gasteiger partial charge in [-0.3, -0.25) is 4.79 Å². The minimum atomic E-state index is -0.185. The van der Waals surface area contributed by atoms with Crippen molar-refractivity contribution in [3.63, 3.8) is 0 Å². The van der Waals surface area contributed by atoms with Crippen LogP contribution in [-0.2, 0) is 4.79 Å². The normalized spacial score (nSPS) is 11.3. The van der Waals surface area contributed by atoms with E-state index in [-0.39, 0.29) is 18.6 Å². The molecular weight excluding hydrogens is 504 g/mol. The maximum absolute atomic E-state index is 12.0. The Hall–Kier alpha value is -4.92. The fraction of sp³-hybridized carbons (Fsp3) is 0.226. The minimum absolute atomic E-state index is 0.0404. The van der Waals surface area contributed by atoms with Crippen LogP contribution in [0.15, 0.2) is 72.9 Å². The molecule has 9 heteroatoms. The fourth-order valence-electron chi connectivity index (χ4n) is 3.99. The highest BCUT2D eigenvalue weighted by Gasteiger charge is 2.13. The van der Waals surface area contributed by atoms with E-state index in [4.69, 9.17) is 30.6 Å². The van der Waals surface area contributed by atoms with Gasteiger partial charge >= 0.3 is 0 Å². The third-order valence-corrected chi connectivity index (χ3v) is 5.87. The molecule has 0 aliphatic rings. The first-order chi connectivity index (χ1) is 19.4. The van der Waals surface area contributed by atoms with E-state index in [1.165, 1.54) is 12.4 Å². The van der Waals surface area contributed by atoms with Gasteiger partial charge in [-0.1, -0.05) is 31.2 Å². The van der Waals surface area contributed by atoms with Crippen molar-refractivity contribution < 1.29 is 14.3 Å². The molecule has 0 bridgehead atoms. The zero-order valence-corrected chi connectivity index (χ0v) is 22.9. The fourth-order valence-corrected chi connectivity index (χ4v) is 3.99. The van der Waals surface area contributed by atoms with Crippen LogP contribution in [0.4, 0.5) is 11.5 Å². The largest absolute Gasteiger partial charge is 0.494 e. The molecule has 0 unspecified atom stereocenters. The second-order valence-corrected chi connectivity index (χ2v) is 9.43. The highest BCUT2D eigenvalue weighted by atomic mass is 16.5. The lowest BCUT2D eigenvalue weighted by Gasteiger charge is -2.14. The van der Waals surface area contributed by atoms with Crippen molar-refractivity contribution in [3.05, 3.63) is 78.5 Å². The predicted octanol–water partition coefficient (Wildman–Crippen LogP) is 5.68. The molecule has 0 saturated carbocycles. The Morgan fingerprint density at radius 3 is 2.50 bits per heavy atom. The predicted molar refractivity (Wildman–Crippen MR) is 160 cm³/mol. The molecule has 1 amide bonds. The molecule has 0 saturated heterocycles. The number of aromatic nitrogens is 2. The maximum atomic E-state index is 12.0. The third-order valence-electron chi connectivity index (χ3n) is 5.87. The van der Waals surface area contributed by atoms with E-state index >= 15 is 0 Å². The first kappa shape index (κ1) is 28.1. The number of carbonyl (C=O) groups excluding carboxylic acids is 1. The Kier molecular flexibility index (Phi) is 9.30. The van der Waals surface area contributed by atoms with Crippen LogP contribution < -0.4 is 25.8 Å². The van der Waals surface area contributed by atoms with Crippen molar-refractivity contribution in [2.45, 2.75) is 33.2 Å². The van der Waals surface area contributed by atoms with E-state index in [2.05, 4.69) is 17.6 Å². The monoisotopic (exact) mass is 538 g/mol. The molecular formula is C31H34N6O3. The number of anilines is 2. The van der Waals surface area contributed by atoms with Crippen molar-refractivity contribution in [1.29, 1.82) is 5.41 Å². The zero-order valence-electron chi connectivity index (χ0n) is 22.9. The molecule has 4 rings (SSSR count). The summed E-state index contributed by atoms with van der Waals surface area (Å²) in [6.45, 7) is 6.40. The van der Waals surface area contributed by atoms with E-state index in [9.17, 15) is 4.79 Å². The smallest absolute Gasteiger partial charge is 0.258 e. The summed E-state index contributed by atoms with van der Waals surface area (Å²) < 4.78 is 11.6. The van der Waals surface area contributed by atoms with Gasteiger partial charge in [0.15, 0.2) is 12.4 Å². The summed E-state index contributed by atoms with van der Waals surface area (Å²) in [6, 6.07) is 20.7. The molecule has 0 spiro atoms. The summed E-state index contributed by atoms with van der Waals surface area (Å²) in [5.74, 6) is 2.21. The number of rotatable bonds is 12. The van der Waals surface area contributed by atoms with E-state index in [1.54, 1.807) is 6.07 Å². The minimum Gasteiger partial charge on any atom is -0.494 e. The van der Waals surface area contributed by atoms with Crippen LogP contribution >= 0.6 is 0 Å². The number of benzene rings is 3. The van der Waals surface area contributed by atoms with Gasteiger partial charge < -0.3 is 31.3 Å². The molecule has 206 valence electrons. The summed E-state index contributed by atoms with van der Waals surface area (Å²) in [7, 11) is 0. The lowest BCUT2D eigenvalue weighted by Crippen LogP contribution is -2.34. The summed E-state index contributed by atoms with van der Waals surface area (Å²) in [5.41, 5.74) is 9.40. The molecule has 40 heavy (non-hydrogen) atoms. The molecule has 0 radical (unpaired) electrons. The highest BCUT2D eigenvalue weighted by Crippen LogP contribution is 2.31. The van der Waals surface area contributed by atoms with Crippen molar-refractivity contribution >= 4 is 40.1 Å². The Morgan fingerprint density at radius 1 is 1.02 bits per heavy atom. The number of ether oxygens (including phenoxy) is 2. The van der Waals surface area contributed by atoms with Gasteiger partial charge in [-0.25, -0.2) is 9.97 Å². The number of fused-ring (bicyclic) bond motifs is 1. The maximum Gasteiger partial charge on any atom is 0.258 e. The molecule has 1 aromatic heterocycles. The van der Waals surface area contributed by atoms with Gasteiger partial charge in [-0.15, -0.1) is 0 Å². The van der Waals surface area contributed by atoms with Crippen molar-refractivity contribution in [2.75, 3.05) is 18.5 Å².